The van der Waals surface area contributed by atoms with Gasteiger partial charge in [-0.15, -0.1) is 0 Å². The predicted octanol–water partition coefficient (Wildman–Crippen LogP) is 3.62. The second-order valence-electron chi connectivity index (χ2n) is 6.62. The fourth-order valence-electron chi connectivity index (χ4n) is 3.32. The van der Waals surface area contributed by atoms with Crippen LogP contribution in [0.25, 0.3) is 5.69 Å². The molecule has 8 heteroatoms. The number of para-hydroxylation sites is 1. The maximum absolute atomic E-state index is 13.3. The van der Waals surface area contributed by atoms with Crippen LogP contribution in [0.1, 0.15) is 34.6 Å². The number of nitrogens with zero attached hydrogens (tertiary/aromatic N) is 3. The van der Waals surface area contributed by atoms with Crippen LogP contribution in [-0.2, 0) is 0 Å². The molecule has 162 valence electrons. The highest BCUT2D eigenvalue weighted by atomic mass is 16.5. The SMILES string of the molecule is CCN(CC)C(=O)c1cnn(-c2ccccc2)c1NC(=O)c1c(OC)cccc1OC. The molecular formula is C23H26N4O4. The number of carbonyl (C=O) groups is 2. The number of benzene rings is 2. The Balaban J connectivity index is 2.10. The van der Waals surface area contributed by atoms with Gasteiger partial charge in [-0.25, -0.2) is 4.68 Å². The molecule has 1 heterocycles. The Hall–Kier alpha value is -3.81. The maximum Gasteiger partial charge on any atom is 0.264 e. The van der Waals surface area contributed by atoms with Gasteiger partial charge in [-0.3, -0.25) is 9.59 Å². The first kappa shape index (κ1) is 21.9. The molecule has 8 nitrogen and oxygen atoms in total. The summed E-state index contributed by atoms with van der Waals surface area (Å²) in [6.45, 7) is 4.89. The molecule has 0 aliphatic heterocycles. The first-order valence-electron chi connectivity index (χ1n) is 10.0. The fraction of sp³-hybridized carbons (Fsp3) is 0.261. The van der Waals surface area contributed by atoms with Gasteiger partial charge in [0, 0.05) is 13.1 Å². The molecular weight excluding hydrogens is 396 g/mol. The zero-order chi connectivity index (χ0) is 22.4. The Labute approximate surface area is 181 Å². The van der Waals surface area contributed by atoms with E-state index in [2.05, 4.69) is 10.4 Å². The number of ether oxygens (including phenoxy) is 2. The molecule has 3 aromatic rings. The van der Waals surface area contributed by atoms with Crippen molar-refractivity contribution < 1.29 is 19.1 Å². The monoisotopic (exact) mass is 422 g/mol. The zero-order valence-corrected chi connectivity index (χ0v) is 18.1. The van der Waals surface area contributed by atoms with E-state index in [0.717, 1.165) is 0 Å². The van der Waals surface area contributed by atoms with E-state index >= 15 is 0 Å². The van der Waals surface area contributed by atoms with Crippen molar-refractivity contribution in [3.05, 3.63) is 65.9 Å². The summed E-state index contributed by atoms with van der Waals surface area (Å²) in [6.07, 6.45) is 1.47. The van der Waals surface area contributed by atoms with Crippen molar-refractivity contribution in [2.45, 2.75) is 13.8 Å². The van der Waals surface area contributed by atoms with E-state index in [9.17, 15) is 9.59 Å². The molecule has 0 aliphatic carbocycles. The molecule has 0 fully saturated rings. The van der Waals surface area contributed by atoms with E-state index in [1.54, 1.807) is 23.1 Å². The lowest BCUT2D eigenvalue weighted by Gasteiger charge is -2.19. The molecule has 31 heavy (non-hydrogen) atoms. The summed E-state index contributed by atoms with van der Waals surface area (Å²) in [4.78, 5) is 28.1. The Morgan fingerprint density at radius 3 is 2.13 bits per heavy atom. The van der Waals surface area contributed by atoms with E-state index in [0.29, 0.717) is 35.8 Å². The molecule has 0 radical (unpaired) electrons. The van der Waals surface area contributed by atoms with Crippen LogP contribution in [-0.4, -0.2) is 53.8 Å². The number of aromatic nitrogens is 2. The van der Waals surface area contributed by atoms with Crippen molar-refractivity contribution in [1.82, 2.24) is 14.7 Å². The minimum absolute atomic E-state index is 0.213. The minimum Gasteiger partial charge on any atom is -0.496 e. The number of amides is 2. The average molecular weight is 422 g/mol. The summed E-state index contributed by atoms with van der Waals surface area (Å²) in [5, 5.41) is 7.24. The van der Waals surface area contributed by atoms with Crippen LogP contribution in [0.3, 0.4) is 0 Å². The molecule has 0 spiro atoms. The van der Waals surface area contributed by atoms with Gasteiger partial charge in [0.15, 0.2) is 0 Å². The van der Waals surface area contributed by atoms with Crippen molar-refractivity contribution >= 4 is 17.6 Å². The lowest BCUT2D eigenvalue weighted by atomic mass is 10.1. The van der Waals surface area contributed by atoms with Crippen LogP contribution in [0.4, 0.5) is 5.82 Å². The van der Waals surface area contributed by atoms with Gasteiger partial charge in [-0.05, 0) is 38.1 Å². The molecule has 2 amide bonds. The van der Waals surface area contributed by atoms with Gasteiger partial charge >= 0.3 is 0 Å². The Kier molecular flexibility index (Phi) is 6.92. The number of carbonyl (C=O) groups excluding carboxylic acids is 2. The van der Waals surface area contributed by atoms with E-state index in [1.165, 1.54) is 25.1 Å². The smallest absolute Gasteiger partial charge is 0.264 e. The third-order valence-corrected chi connectivity index (χ3v) is 4.94. The zero-order valence-electron chi connectivity index (χ0n) is 18.1. The first-order valence-corrected chi connectivity index (χ1v) is 10.0. The van der Waals surface area contributed by atoms with Crippen LogP contribution in [0.15, 0.2) is 54.7 Å². The normalized spacial score (nSPS) is 10.5. The quantitative estimate of drug-likeness (QED) is 0.599. The maximum atomic E-state index is 13.3. The van der Waals surface area contributed by atoms with Crippen molar-refractivity contribution in [2.75, 3.05) is 32.6 Å². The summed E-state index contributed by atoms with van der Waals surface area (Å²) < 4.78 is 12.2. The van der Waals surface area contributed by atoms with Crippen molar-refractivity contribution in [3.63, 3.8) is 0 Å². The molecule has 0 unspecified atom stereocenters. The molecule has 1 aromatic heterocycles. The third-order valence-electron chi connectivity index (χ3n) is 4.94. The van der Waals surface area contributed by atoms with E-state index in [-0.39, 0.29) is 17.3 Å². The highest BCUT2D eigenvalue weighted by Gasteiger charge is 2.26. The summed E-state index contributed by atoms with van der Waals surface area (Å²) in [7, 11) is 2.96. The summed E-state index contributed by atoms with van der Waals surface area (Å²) in [5.41, 5.74) is 1.24. The van der Waals surface area contributed by atoms with E-state index in [1.807, 2.05) is 44.2 Å². The highest BCUT2D eigenvalue weighted by Crippen LogP contribution is 2.30. The van der Waals surface area contributed by atoms with Gasteiger partial charge in [0.05, 0.1) is 26.1 Å². The topological polar surface area (TPSA) is 85.7 Å². The number of hydrogen-bond donors (Lipinski definition) is 1. The van der Waals surface area contributed by atoms with Gasteiger partial charge in [0.1, 0.15) is 28.4 Å². The van der Waals surface area contributed by atoms with Gasteiger partial charge in [0.2, 0.25) is 0 Å². The summed E-state index contributed by atoms with van der Waals surface area (Å²) in [5.74, 6) is 0.314. The van der Waals surface area contributed by atoms with Crippen molar-refractivity contribution in [1.29, 1.82) is 0 Å². The Morgan fingerprint density at radius 2 is 1.58 bits per heavy atom. The molecule has 2 aromatic carbocycles. The molecule has 0 saturated heterocycles. The summed E-state index contributed by atoms with van der Waals surface area (Å²) in [6, 6.07) is 14.4. The van der Waals surface area contributed by atoms with Gasteiger partial charge in [-0.1, -0.05) is 24.3 Å². The lowest BCUT2D eigenvalue weighted by Crippen LogP contribution is -2.31. The molecule has 3 rings (SSSR count). The third kappa shape index (κ3) is 4.37. The second kappa shape index (κ2) is 9.80. The number of nitrogens with one attached hydrogen (secondary N) is 1. The largest absolute Gasteiger partial charge is 0.496 e. The molecule has 0 aliphatic rings. The summed E-state index contributed by atoms with van der Waals surface area (Å²) >= 11 is 0. The number of anilines is 1. The van der Waals surface area contributed by atoms with Crippen LogP contribution < -0.4 is 14.8 Å². The molecule has 0 bridgehead atoms. The lowest BCUT2D eigenvalue weighted by molar-refractivity contribution is 0.0774. The van der Waals surface area contributed by atoms with Crippen molar-refractivity contribution in [3.8, 4) is 17.2 Å². The van der Waals surface area contributed by atoms with Crippen LogP contribution >= 0.6 is 0 Å². The van der Waals surface area contributed by atoms with Gasteiger partial charge < -0.3 is 19.7 Å². The second-order valence-corrected chi connectivity index (χ2v) is 6.62. The van der Waals surface area contributed by atoms with Crippen molar-refractivity contribution in [2.24, 2.45) is 0 Å². The minimum atomic E-state index is -0.472. The predicted molar refractivity (Wildman–Crippen MR) is 118 cm³/mol. The van der Waals surface area contributed by atoms with E-state index < -0.39 is 5.91 Å². The number of hydrogen-bond acceptors (Lipinski definition) is 5. The fourth-order valence-corrected chi connectivity index (χ4v) is 3.32. The highest BCUT2D eigenvalue weighted by molar-refractivity contribution is 6.11. The number of methoxy groups -OCH3 is 2. The molecule has 0 saturated carbocycles. The molecule has 0 atom stereocenters. The number of rotatable bonds is 8. The van der Waals surface area contributed by atoms with E-state index in [4.69, 9.17) is 9.47 Å². The van der Waals surface area contributed by atoms with Crippen LogP contribution in [0.2, 0.25) is 0 Å². The molecule has 1 N–H and O–H groups in total. The van der Waals surface area contributed by atoms with Crippen LogP contribution in [0.5, 0.6) is 11.5 Å². The Bertz CT molecular complexity index is 1040. The van der Waals surface area contributed by atoms with Gasteiger partial charge in [0.25, 0.3) is 11.8 Å². The standard InChI is InChI=1S/C23H26N4O4/c1-5-26(6-2)23(29)17-15-24-27(16-11-8-7-9-12-16)21(17)25-22(28)20-18(30-3)13-10-14-19(20)31-4/h7-15H,5-6H2,1-4H3,(H,25,28). The van der Waals surface area contributed by atoms with Crippen LogP contribution in [0, 0.1) is 0 Å². The first-order chi connectivity index (χ1) is 15.0. The van der Waals surface area contributed by atoms with Gasteiger partial charge in [-0.2, -0.15) is 5.10 Å². The average Bonchev–Trinajstić information content (AvgIpc) is 3.22. The Morgan fingerprint density at radius 1 is 0.968 bits per heavy atom.